The zero-order valence-corrected chi connectivity index (χ0v) is 12.5. The number of rotatable bonds is 5. The molecule has 1 N–H and O–H groups in total. The Balaban J connectivity index is 1.49. The number of nitrogens with one attached hydrogen (secondary N) is 1. The van der Waals surface area contributed by atoms with Gasteiger partial charge in [-0.1, -0.05) is 6.07 Å². The highest BCUT2D eigenvalue weighted by atomic mass is 16.5. The van der Waals surface area contributed by atoms with Gasteiger partial charge in [0.25, 0.3) is 0 Å². The molecule has 3 aliphatic rings. The maximum absolute atomic E-state index is 5.41. The second-order valence-corrected chi connectivity index (χ2v) is 7.03. The lowest BCUT2D eigenvalue weighted by molar-refractivity contribution is 0.354. The van der Waals surface area contributed by atoms with E-state index in [9.17, 15) is 0 Å². The van der Waals surface area contributed by atoms with Crippen LogP contribution in [0.2, 0.25) is 0 Å². The molecule has 2 saturated carbocycles. The molecule has 2 heteroatoms. The zero-order valence-electron chi connectivity index (χ0n) is 12.5. The van der Waals surface area contributed by atoms with Crippen LogP contribution in [0.5, 0.6) is 5.75 Å². The summed E-state index contributed by atoms with van der Waals surface area (Å²) >= 11 is 0. The number of hydrogen-bond acceptors (Lipinski definition) is 2. The molecule has 108 valence electrons. The normalized spacial score (nSPS) is 26.9. The van der Waals surface area contributed by atoms with Crippen molar-refractivity contribution in [3.8, 4) is 5.75 Å². The molecule has 0 bridgehead atoms. The van der Waals surface area contributed by atoms with E-state index in [1.807, 2.05) is 0 Å². The molecular formula is C18H25NO. The van der Waals surface area contributed by atoms with E-state index in [0.29, 0.717) is 11.5 Å². The highest BCUT2D eigenvalue weighted by Crippen LogP contribution is 2.61. The summed E-state index contributed by atoms with van der Waals surface area (Å²) in [6, 6.07) is 7.16. The summed E-state index contributed by atoms with van der Waals surface area (Å²) < 4.78 is 5.41. The minimum absolute atomic E-state index is 0.546. The molecule has 4 rings (SSSR count). The first-order valence-electron chi connectivity index (χ1n) is 8.21. The van der Waals surface area contributed by atoms with Crippen LogP contribution in [0.1, 0.15) is 55.7 Å². The summed E-state index contributed by atoms with van der Waals surface area (Å²) in [4.78, 5) is 0. The topological polar surface area (TPSA) is 21.3 Å². The summed E-state index contributed by atoms with van der Waals surface area (Å²) in [5, 5.41) is 3.90. The minimum Gasteiger partial charge on any atom is -0.497 e. The van der Waals surface area contributed by atoms with Gasteiger partial charge < -0.3 is 10.1 Å². The molecular weight excluding hydrogens is 246 g/mol. The van der Waals surface area contributed by atoms with Crippen LogP contribution in [0.15, 0.2) is 18.2 Å². The van der Waals surface area contributed by atoms with E-state index < -0.39 is 0 Å². The summed E-state index contributed by atoms with van der Waals surface area (Å²) in [5.41, 5.74) is 3.70. The van der Waals surface area contributed by atoms with Crippen molar-refractivity contribution in [1.82, 2.24) is 5.32 Å². The van der Waals surface area contributed by atoms with Crippen molar-refractivity contribution in [3.05, 3.63) is 29.3 Å². The molecule has 0 aliphatic heterocycles. The van der Waals surface area contributed by atoms with Crippen molar-refractivity contribution in [3.63, 3.8) is 0 Å². The summed E-state index contributed by atoms with van der Waals surface area (Å²) in [6.45, 7) is 1.24. The highest BCUT2D eigenvalue weighted by molar-refractivity contribution is 5.39. The lowest BCUT2D eigenvalue weighted by Crippen LogP contribution is -2.31. The number of ether oxygens (including phenoxy) is 1. The van der Waals surface area contributed by atoms with Crippen molar-refractivity contribution in [1.29, 1.82) is 0 Å². The van der Waals surface area contributed by atoms with Crippen molar-refractivity contribution < 1.29 is 4.74 Å². The van der Waals surface area contributed by atoms with E-state index in [-0.39, 0.29) is 0 Å². The molecule has 2 nitrogen and oxygen atoms in total. The van der Waals surface area contributed by atoms with E-state index in [4.69, 9.17) is 4.74 Å². The molecule has 3 aliphatic carbocycles. The maximum Gasteiger partial charge on any atom is 0.119 e. The first-order valence-corrected chi connectivity index (χ1v) is 8.21. The average molecular weight is 271 g/mol. The standard InChI is InChI=1S/C18H25NO/c1-20-15-8-5-13-3-2-4-17(16(13)11-15)19-12-18(9-10-18)14-6-7-14/h5,8,11,14,17,19H,2-4,6-7,9-10,12H2,1H3. The molecule has 0 spiro atoms. The number of benzene rings is 1. The number of hydrogen-bond donors (Lipinski definition) is 1. The molecule has 1 atom stereocenters. The largest absolute Gasteiger partial charge is 0.497 e. The molecule has 1 aromatic rings. The van der Waals surface area contributed by atoms with Crippen LogP contribution >= 0.6 is 0 Å². The van der Waals surface area contributed by atoms with Crippen LogP contribution in [-0.2, 0) is 6.42 Å². The molecule has 1 aromatic carbocycles. The lowest BCUT2D eigenvalue weighted by Gasteiger charge is -2.29. The van der Waals surface area contributed by atoms with Crippen molar-refractivity contribution in [2.75, 3.05) is 13.7 Å². The van der Waals surface area contributed by atoms with Gasteiger partial charge in [0.2, 0.25) is 0 Å². The van der Waals surface area contributed by atoms with Crippen molar-refractivity contribution in [2.45, 2.75) is 51.0 Å². The third kappa shape index (κ3) is 2.24. The van der Waals surface area contributed by atoms with Gasteiger partial charge in [0.15, 0.2) is 0 Å². The predicted molar refractivity (Wildman–Crippen MR) is 81.1 cm³/mol. The van der Waals surface area contributed by atoms with Gasteiger partial charge in [0.1, 0.15) is 5.75 Å². The Kier molecular flexibility index (Phi) is 3.03. The molecule has 0 heterocycles. The van der Waals surface area contributed by atoms with Gasteiger partial charge in [0.05, 0.1) is 7.11 Å². The lowest BCUT2D eigenvalue weighted by atomic mass is 9.87. The Bertz CT molecular complexity index is 502. The van der Waals surface area contributed by atoms with Gasteiger partial charge in [-0.3, -0.25) is 0 Å². The molecule has 0 aromatic heterocycles. The number of aryl methyl sites for hydroxylation is 1. The molecule has 20 heavy (non-hydrogen) atoms. The Morgan fingerprint density at radius 2 is 2.10 bits per heavy atom. The van der Waals surface area contributed by atoms with E-state index in [2.05, 4.69) is 23.5 Å². The minimum atomic E-state index is 0.546. The third-order valence-corrected chi connectivity index (χ3v) is 5.70. The van der Waals surface area contributed by atoms with Crippen molar-refractivity contribution in [2.24, 2.45) is 11.3 Å². The first-order chi connectivity index (χ1) is 9.81. The summed E-state index contributed by atoms with van der Waals surface area (Å²) in [5.74, 6) is 2.05. The highest BCUT2D eigenvalue weighted by Gasteiger charge is 2.53. The fourth-order valence-electron chi connectivity index (χ4n) is 4.03. The Morgan fingerprint density at radius 3 is 2.80 bits per heavy atom. The number of methoxy groups -OCH3 is 1. The van der Waals surface area contributed by atoms with Gasteiger partial charge >= 0.3 is 0 Å². The summed E-state index contributed by atoms with van der Waals surface area (Å²) in [6.07, 6.45) is 9.71. The van der Waals surface area contributed by atoms with Gasteiger partial charge in [-0.15, -0.1) is 0 Å². The van der Waals surface area contributed by atoms with Gasteiger partial charge in [-0.05, 0) is 79.5 Å². The molecule has 0 saturated heterocycles. The molecule has 0 amide bonds. The Labute approximate surface area is 121 Å². The second kappa shape index (κ2) is 4.77. The predicted octanol–water partition coefficient (Wildman–Crippen LogP) is 3.85. The van der Waals surface area contributed by atoms with E-state index in [1.54, 1.807) is 7.11 Å². The molecule has 0 radical (unpaired) electrons. The number of fused-ring (bicyclic) bond motifs is 1. The van der Waals surface area contributed by atoms with Crippen LogP contribution in [0.25, 0.3) is 0 Å². The van der Waals surface area contributed by atoms with Crippen LogP contribution in [0.4, 0.5) is 0 Å². The SMILES string of the molecule is COc1ccc2c(c1)C(NCC1(C3CC3)CC1)CCC2. The fourth-order valence-corrected chi connectivity index (χ4v) is 4.03. The Hall–Kier alpha value is -1.02. The summed E-state index contributed by atoms with van der Waals surface area (Å²) in [7, 11) is 1.76. The van der Waals surface area contributed by atoms with Crippen molar-refractivity contribution >= 4 is 0 Å². The van der Waals surface area contributed by atoms with Gasteiger partial charge in [0, 0.05) is 12.6 Å². The first kappa shape index (κ1) is 12.7. The third-order valence-electron chi connectivity index (χ3n) is 5.70. The van der Waals surface area contributed by atoms with Crippen LogP contribution in [0, 0.1) is 11.3 Å². The van der Waals surface area contributed by atoms with Crippen LogP contribution in [-0.4, -0.2) is 13.7 Å². The quantitative estimate of drug-likeness (QED) is 0.878. The monoisotopic (exact) mass is 271 g/mol. The Morgan fingerprint density at radius 1 is 1.25 bits per heavy atom. The van der Waals surface area contributed by atoms with E-state index in [1.165, 1.54) is 62.6 Å². The fraction of sp³-hybridized carbons (Fsp3) is 0.667. The van der Waals surface area contributed by atoms with Crippen LogP contribution < -0.4 is 10.1 Å². The average Bonchev–Trinajstić information content (AvgIpc) is 3.37. The zero-order chi connectivity index (χ0) is 13.6. The maximum atomic E-state index is 5.41. The molecule has 1 unspecified atom stereocenters. The smallest absolute Gasteiger partial charge is 0.119 e. The van der Waals surface area contributed by atoms with E-state index in [0.717, 1.165) is 11.7 Å². The second-order valence-electron chi connectivity index (χ2n) is 7.03. The van der Waals surface area contributed by atoms with Gasteiger partial charge in [-0.2, -0.15) is 0 Å². The van der Waals surface area contributed by atoms with E-state index >= 15 is 0 Å². The molecule has 2 fully saturated rings. The van der Waals surface area contributed by atoms with Gasteiger partial charge in [-0.25, -0.2) is 0 Å². The van der Waals surface area contributed by atoms with Crippen LogP contribution in [0.3, 0.4) is 0 Å².